The molecule has 0 bridgehead atoms. The van der Waals surface area contributed by atoms with Crippen LogP contribution in [0.1, 0.15) is 42.6 Å². The minimum atomic E-state index is -4.41. The van der Waals surface area contributed by atoms with Crippen LogP contribution in [0.4, 0.5) is 13.2 Å². The Bertz CT molecular complexity index is 734. The van der Waals surface area contributed by atoms with Crippen molar-refractivity contribution in [3.8, 4) is 5.88 Å². The van der Waals surface area contributed by atoms with Gasteiger partial charge in [0.1, 0.15) is 0 Å². The molecule has 0 amide bonds. The lowest BCUT2D eigenvalue weighted by molar-refractivity contribution is -0.137. The van der Waals surface area contributed by atoms with Crippen LogP contribution in [0.15, 0.2) is 36.4 Å². The number of piperidine rings is 1. The Kier molecular flexibility index (Phi) is 4.42. The first-order valence-corrected chi connectivity index (χ1v) is 7.86. The predicted molar refractivity (Wildman–Crippen MR) is 83.6 cm³/mol. The third-order valence-electron chi connectivity index (χ3n) is 4.45. The maximum absolute atomic E-state index is 12.7. The molecule has 1 unspecified atom stereocenters. The molecule has 1 aliphatic heterocycles. The van der Waals surface area contributed by atoms with Gasteiger partial charge in [-0.1, -0.05) is 12.1 Å². The van der Waals surface area contributed by atoms with Crippen molar-refractivity contribution >= 4 is 0 Å². The average molecular weight is 353 g/mol. The Balaban J connectivity index is 1.87. The van der Waals surface area contributed by atoms with Crippen molar-refractivity contribution in [3.63, 3.8) is 0 Å². The molecule has 0 aliphatic carbocycles. The fourth-order valence-electron chi connectivity index (χ4n) is 3.31. The van der Waals surface area contributed by atoms with E-state index in [0.717, 1.165) is 12.1 Å². The molecule has 134 valence electrons. The summed E-state index contributed by atoms with van der Waals surface area (Å²) < 4.78 is 38.2. The topological polar surface area (TPSA) is 78.3 Å². The smallest absolute Gasteiger partial charge is 0.416 e. The third-order valence-corrected chi connectivity index (χ3v) is 4.45. The molecule has 1 aromatic carbocycles. The Labute approximate surface area is 142 Å². The zero-order valence-electron chi connectivity index (χ0n) is 13.5. The molecule has 3 atom stereocenters. The first-order chi connectivity index (χ1) is 11.7. The summed E-state index contributed by atoms with van der Waals surface area (Å²) in [5.41, 5.74) is -1.04. The van der Waals surface area contributed by atoms with E-state index in [9.17, 15) is 23.4 Å². The van der Waals surface area contributed by atoms with Gasteiger partial charge < -0.3 is 15.5 Å². The number of hydrogen-bond acceptors (Lipinski definition) is 5. The molecule has 0 spiro atoms. The number of hydrogen-bond donors (Lipinski definition) is 3. The number of rotatable bonds is 2. The number of halogens is 3. The molecular weight excluding hydrogens is 335 g/mol. The standard InChI is InChI=1S/C17H18F3N3O2/c1-10-8-16(25,11-2-4-12(5-3-11)17(18,19)20)9-14(21-10)13-6-7-15(24)23-22-13/h2-7,10,14,21,25H,8-9H2,1H3,(H,23,24)/t10-,14-,16?/m0/s1. The van der Waals surface area contributed by atoms with Crippen LogP contribution in [0.25, 0.3) is 0 Å². The van der Waals surface area contributed by atoms with Crippen LogP contribution in [0, 0.1) is 0 Å². The molecule has 0 saturated carbocycles. The maximum Gasteiger partial charge on any atom is 0.416 e. The number of alkyl halides is 3. The van der Waals surface area contributed by atoms with Gasteiger partial charge >= 0.3 is 6.18 Å². The van der Waals surface area contributed by atoms with E-state index in [4.69, 9.17) is 0 Å². The predicted octanol–water partition coefficient (Wildman–Crippen LogP) is 2.90. The van der Waals surface area contributed by atoms with Gasteiger partial charge in [0.15, 0.2) is 0 Å². The van der Waals surface area contributed by atoms with Crippen molar-refractivity contribution < 1.29 is 23.4 Å². The number of aliphatic hydroxyl groups is 1. The van der Waals surface area contributed by atoms with Gasteiger partial charge in [0.25, 0.3) is 0 Å². The van der Waals surface area contributed by atoms with Crippen LogP contribution in [-0.4, -0.2) is 26.5 Å². The second-order valence-electron chi connectivity index (χ2n) is 6.45. The fourth-order valence-corrected chi connectivity index (χ4v) is 3.31. The molecular formula is C17H18F3N3O2. The molecule has 1 aromatic heterocycles. The Morgan fingerprint density at radius 1 is 1.08 bits per heavy atom. The van der Waals surface area contributed by atoms with E-state index in [1.165, 1.54) is 18.2 Å². The van der Waals surface area contributed by atoms with E-state index < -0.39 is 17.3 Å². The van der Waals surface area contributed by atoms with Crippen LogP contribution in [-0.2, 0) is 11.8 Å². The van der Waals surface area contributed by atoms with Gasteiger partial charge in [0.05, 0.1) is 22.9 Å². The zero-order chi connectivity index (χ0) is 18.2. The van der Waals surface area contributed by atoms with E-state index in [1.807, 2.05) is 6.92 Å². The van der Waals surface area contributed by atoms with Crippen molar-refractivity contribution in [3.05, 3.63) is 53.2 Å². The second kappa shape index (κ2) is 6.27. The van der Waals surface area contributed by atoms with Gasteiger partial charge in [-0.25, -0.2) is 0 Å². The van der Waals surface area contributed by atoms with E-state index in [1.54, 1.807) is 6.07 Å². The summed E-state index contributed by atoms with van der Waals surface area (Å²) in [6, 6.07) is 7.20. The van der Waals surface area contributed by atoms with Crippen LogP contribution < -0.4 is 5.32 Å². The number of nitrogens with zero attached hydrogens (tertiary/aromatic N) is 2. The van der Waals surface area contributed by atoms with Gasteiger partial charge in [0.2, 0.25) is 5.88 Å². The lowest BCUT2D eigenvalue weighted by atomic mass is 9.78. The highest BCUT2D eigenvalue weighted by Crippen LogP contribution is 2.40. The number of nitrogens with one attached hydrogen (secondary N) is 1. The highest BCUT2D eigenvalue weighted by atomic mass is 19.4. The summed E-state index contributed by atoms with van der Waals surface area (Å²) >= 11 is 0. The molecule has 0 radical (unpaired) electrons. The van der Waals surface area contributed by atoms with Crippen molar-refractivity contribution in [2.75, 3.05) is 0 Å². The molecule has 1 aliphatic rings. The molecule has 5 nitrogen and oxygen atoms in total. The molecule has 3 N–H and O–H groups in total. The van der Waals surface area contributed by atoms with E-state index in [0.29, 0.717) is 17.7 Å². The van der Waals surface area contributed by atoms with Crippen LogP contribution >= 0.6 is 0 Å². The second-order valence-corrected chi connectivity index (χ2v) is 6.45. The minimum absolute atomic E-state index is 0.0818. The highest BCUT2D eigenvalue weighted by molar-refractivity contribution is 5.30. The van der Waals surface area contributed by atoms with Crippen LogP contribution in [0.2, 0.25) is 0 Å². The lowest BCUT2D eigenvalue weighted by Gasteiger charge is -2.41. The van der Waals surface area contributed by atoms with E-state index >= 15 is 0 Å². The average Bonchev–Trinajstić information content (AvgIpc) is 2.54. The summed E-state index contributed by atoms with van der Waals surface area (Å²) in [5, 5.41) is 31.1. The monoisotopic (exact) mass is 353 g/mol. The largest absolute Gasteiger partial charge is 0.492 e. The van der Waals surface area contributed by atoms with Crippen molar-refractivity contribution in [2.45, 2.75) is 43.6 Å². The summed E-state index contributed by atoms with van der Waals surface area (Å²) in [6.45, 7) is 1.88. The molecule has 3 rings (SSSR count). The Morgan fingerprint density at radius 2 is 1.76 bits per heavy atom. The quantitative estimate of drug-likeness (QED) is 0.774. The van der Waals surface area contributed by atoms with E-state index in [-0.39, 0.29) is 24.4 Å². The summed E-state index contributed by atoms with van der Waals surface area (Å²) in [6.07, 6.45) is -3.81. The number of aromatic hydroxyl groups is 1. The van der Waals surface area contributed by atoms with Gasteiger partial charge in [-0.2, -0.15) is 18.3 Å². The SMILES string of the molecule is C[C@H]1CC(O)(c2ccc(C(F)(F)F)cc2)C[C@@H](c2ccc(O)nn2)N1. The fraction of sp³-hybridized carbons (Fsp3) is 0.412. The van der Waals surface area contributed by atoms with Crippen LogP contribution in [0.3, 0.4) is 0 Å². The summed E-state index contributed by atoms with van der Waals surface area (Å²) in [7, 11) is 0. The van der Waals surface area contributed by atoms with Gasteiger partial charge in [-0.15, -0.1) is 5.10 Å². The van der Waals surface area contributed by atoms with E-state index in [2.05, 4.69) is 15.5 Å². The van der Waals surface area contributed by atoms with Crippen molar-refractivity contribution in [2.24, 2.45) is 0 Å². The molecule has 25 heavy (non-hydrogen) atoms. The van der Waals surface area contributed by atoms with Gasteiger partial charge in [-0.3, -0.25) is 0 Å². The first-order valence-electron chi connectivity index (χ1n) is 7.86. The van der Waals surface area contributed by atoms with Gasteiger partial charge in [0, 0.05) is 18.5 Å². The molecule has 8 heteroatoms. The summed E-state index contributed by atoms with van der Waals surface area (Å²) in [5.74, 6) is -0.203. The molecule has 2 aromatic rings. The normalized spacial score (nSPS) is 27.2. The van der Waals surface area contributed by atoms with Crippen molar-refractivity contribution in [1.29, 1.82) is 0 Å². The molecule has 1 fully saturated rings. The maximum atomic E-state index is 12.7. The first kappa shape index (κ1) is 17.6. The molecule has 1 saturated heterocycles. The summed E-state index contributed by atoms with van der Waals surface area (Å²) in [4.78, 5) is 0. The third kappa shape index (κ3) is 3.74. The number of benzene rings is 1. The van der Waals surface area contributed by atoms with Gasteiger partial charge in [-0.05, 0) is 37.1 Å². The minimum Gasteiger partial charge on any atom is -0.492 e. The molecule has 2 heterocycles. The van der Waals surface area contributed by atoms with Crippen molar-refractivity contribution in [1.82, 2.24) is 15.5 Å². The Morgan fingerprint density at radius 3 is 2.32 bits per heavy atom. The van der Waals surface area contributed by atoms with Crippen LogP contribution in [0.5, 0.6) is 5.88 Å². The lowest BCUT2D eigenvalue weighted by Crippen LogP contribution is -2.47. The highest BCUT2D eigenvalue weighted by Gasteiger charge is 2.40. The Hall–Kier alpha value is -2.19. The zero-order valence-corrected chi connectivity index (χ0v) is 13.5. The number of aromatic nitrogens is 2.